The number of oxime groups is 1. The normalized spacial score (nSPS) is 18.2. The Morgan fingerprint density at radius 1 is 1.24 bits per heavy atom. The van der Waals surface area contributed by atoms with Gasteiger partial charge in [0.2, 0.25) is 0 Å². The fourth-order valence-electron chi connectivity index (χ4n) is 4.87. The van der Waals surface area contributed by atoms with Gasteiger partial charge in [0, 0.05) is 30.5 Å². The van der Waals surface area contributed by atoms with Gasteiger partial charge in [-0.2, -0.15) is 13.5 Å². The van der Waals surface area contributed by atoms with Crippen LogP contribution in [0.4, 0.5) is 10.9 Å². The van der Waals surface area contributed by atoms with Crippen molar-refractivity contribution in [1.82, 2.24) is 20.7 Å². The minimum Gasteiger partial charge on any atom is -0.489 e. The topological polar surface area (TPSA) is 248 Å². The van der Waals surface area contributed by atoms with Crippen LogP contribution in [0.3, 0.4) is 0 Å². The van der Waals surface area contributed by atoms with Gasteiger partial charge >= 0.3 is 16.4 Å². The Kier molecular flexibility index (Phi) is 10.3. The van der Waals surface area contributed by atoms with Gasteiger partial charge in [-0.05, 0) is 43.2 Å². The van der Waals surface area contributed by atoms with Crippen molar-refractivity contribution in [2.75, 3.05) is 37.3 Å². The van der Waals surface area contributed by atoms with Crippen molar-refractivity contribution in [2.45, 2.75) is 31.5 Å². The van der Waals surface area contributed by atoms with Gasteiger partial charge < -0.3 is 31.0 Å². The number of aromatic nitrogens is 2. The molecule has 0 radical (unpaired) electrons. The molecule has 4 heterocycles. The summed E-state index contributed by atoms with van der Waals surface area (Å²) >= 11 is 0.964. The van der Waals surface area contributed by atoms with Crippen LogP contribution in [0.5, 0.6) is 5.75 Å². The zero-order valence-corrected chi connectivity index (χ0v) is 28.2. The van der Waals surface area contributed by atoms with Crippen molar-refractivity contribution in [3.63, 3.8) is 0 Å². The number of benzene rings is 1. The fraction of sp³-hybridized carbons (Fsp3) is 0.379. The van der Waals surface area contributed by atoms with E-state index in [1.165, 1.54) is 19.2 Å². The first kappa shape index (κ1) is 35.4. The van der Waals surface area contributed by atoms with Crippen molar-refractivity contribution in [2.24, 2.45) is 18.1 Å². The second-order valence-electron chi connectivity index (χ2n) is 11.8. The van der Waals surface area contributed by atoms with Crippen LogP contribution in [0.1, 0.15) is 19.5 Å². The highest BCUT2D eigenvalue weighted by molar-refractivity contribution is 7.80. The van der Waals surface area contributed by atoms with E-state index < -0.39 is 58.2 Å². The lowest BCUT2D eigenvalue weighted by atomic mass is 9.84. The third-order valence-corrected chi connectivity index (χ3v) is 8.84. The van der Waals surface area contributed by atoms with Crippen molar-refractivity contribution in [3.8, 4) is 16.9 Å². The second kappa shape index (κ2) is 14.3. The molecule has 7 N–H and O–H groups in total. The number of carbonyl (C=O) groups excluding carboxylic acids is 2. The molecule has 2 aliphatic heterocycles. The largest absolute Gasteiger partial charge is 0.489 e. The Labute approximate surface area is 284 Å². The monoisotopic (exact) mass is 719 g/mol. The number of nitrogen functional groups attached to an aromatic ring is 1. The number of anilines is 2. The van der Waals surface area contributed by atoms with E-state index in [-0.39, 0.29) is 10.8 Å². The van der Waals surface area contributed by atoms with E-state index in [1.54, 1.807) is 12.1 Å². The SMILES string of the molecule is C[n+]1ccc(-c2ccc(OC[C@H](O/N=C(\C(=O)NC3C(=O)N(OS(=O)(=O)O)C3(C)C)c3csc(N)n3)C(=O)O)cc2)cc1NCC1CNC1. The minimum atomic E-state index is -5.02. The number of carboxylic acid groups (broad SMARTS) is 1. The maximum atomic E-state index is 13.3. The van der Waals surface area contributed by atoms with Crippen molar-refractivity contribution in [3.05, 3.63) is 53.7 Å². The molecule has 2 amide bonds. The number of aliphatic carboxylic acids is 1. The molecule has 0 spiro atoms. The molecule has 3 aromatic rings. The summed E-state index contributed by atoms with van der Waals surface area (Å²) in [6, 6.07) is 9.73. The van der Waals surface area contributed by atoms with Crippen LogP contribution < -0.4 is 31.0 Å². The number of hydroxylamine groups is 2. The number of nitrogens with two attached hydrogens (primary N) is 1. The zero-order valence-electron chi connectivity index (χ0n) is 26.5. The molecule has 2 aromatic heterocycles. The first-order chi connectivity index (χ1) is 23.1. The van der Waals surface area contributed by atoms with Gasteiger partial charge in [0.25, 0.3) is 23.7 Å². The molecule has 0 bridgehead atoms. The van der Waals surface area contributed by atoms with Crippen molar-refractivity contribution >= 4 is 56.2 Å². The second-order valence-corrected chi connectivity index (χ2v) is 13.7. The molecule has 49 heavy (non-hydrogen) atoms. The molecule has 1 aromatic carbocycles. The highest BCUT2D eigenvalue weighted by Crippen LogP contribution is 2.33. The molecule has 20 heteroatoms. The Hall–Kier alpha value is -4.89. The number of carboxylic acids is 1. The van der Waals surface area contributed by atoms with E-state index in [1.807, 2.05) is 42.1 Å². The maximum absolute atomic E-state index is 13.3. The van der Waals surface area contributed by atoms with Gasteiger partial charge in [0.05, 0.1) is 25.3 Å². The van der Waals surface area contributed by atoms with Gasteiger partial charge in [-0.3, -0.25) is 19.5 Å². The predicted molar refractivity (Wildman–Crippen MR) is 174 cm³/mol. The molecule has 2 fully saturated rings. The van der Waals surface area contributed by atoms with Gasteiger partial charge in [-0.25, -0.2) is 14.3 Å². The van der Waals surface area contributed by atoms with Crippen LogP contribution in [-0.2, 0) is 41.0 Å². The third kappa shape index (κ3) is 8.40. The van der Waals surface area contributed by atoms with Gasteiger partial charge in [-0.1, -0.05) is 17.3 Å². The number of carbonyl (C=O) groups is 3. The molecule has 0 aliphatic carbocycles. The number of thiazole rings is 1. The summed E-state index contributed by atoms with van der Waals surface area (Å²) < 4.78 is 43.2. The predicted octanol–water partition coefficient (Wildman–Crippen LogP) is -0.0590. The van der Waals surface area contributed by atoms with E-state index >= 15 is 0 Å². The van der Waals surface area contributed by atoms with Gasteiger partial charge in [-0.15, -0.1) is 15.6 Å². The number of nitrogens with one attached hydrogen (secondary N) is 3. The minimum absolute atomic E-state index is 0.0629. The van der Waals surface area contributed by atoms with E-state index in [4.69, 9.17) is 19.9 Å². The van der Waals surface area contributed by atoms with Gasteiger partial charge in [0.1, 0.15) is 24.1 Å². The number of aryl methyl sites for hydroxylation is 1. The number of ether oxygens (including phenoxy) is 1. The summed E-state index contributed by atoms with van der Waals surface area (Å²) in [6.45, 7) is 5.10. The molecular formula is C29H35N8O10S2+. The van der Waals surface area contributed by atoms with Gasteiger partial charge in [0.15, 0.2) is 10.8 Å². The summed E-state index contributed by atoms with van der Waals surface area (Å²) in [4.78, 5) is 47.0. The first-order valence-electron chi connectivity index (χ1n) is 14.8. The number of pyridine rings is 1. The number of hydrogen-bond donors (Lipinski definition) is 6. The number of β-lactam (4-membered cyclic amide) rings is 1. The highest BCUT2D eigenvalue weighted by atomic mass is 32.3. The molecule has 262 valence electrons. The van der Waals surface area contributed by atoms with Crippen LogP contribution in [0.25, 0.3) is 11.1 Å². The Morgan fingerprint density at radius 3 is 2.53 bits per heavy atom. The lowest BCUT2D eigenvalue weighted by molar-refractivity contribution is -0.657. The molecule has 5 rings (SSSR count). The average molecular weight is 720 g/mol. The standard InChI is InChI=1S/C29H34N8O10S2/c1-29(2)24(26(39)37(29)47-49(42,43)44)34-25(38)23(20-15-48-28(30)33-20)35-46-21(27(40)41)14-45-19-6-4-17(5-7-19)18-8-9-36(3)22(10-18)32-13-16-11-31-12-16/h4-10,15-16,21,24,31H,11-14H2,1-3H3,(H5,30,33,34,38,40,41,42,43,44)/p+1/b35-23-/t21-,24?/m0/s1. The van der Waals surface area contributed by atoms with Crippen molar-refractivity contribution < 1.29 is 50.9 Å². The number of amides is 2. The Balaban J connectivity index is 1.24. The van der Waals surface area contributed by atoms with E-state index in [9.17, 15) is 27.9 Å². The zero-order chi connectivity index (χ0) is 35.5. The van der Waals surface area contributed by atoms with Crippen molar-refractivity contribution in [1.29, 1.82) is 0 Å². The molecule has 1 unspecified atom stereocenters. The summed E-state index contributed by atoms with van der Waals surface area (Å²) in [7, 11) is -3.05. The molecular weight excluding hydrogens is 684 g/mol. The fourth-order valence-corrected chi connectivity index (χ4v) is 5.87. The third-order valence-electron chi connectivity index (χ3n) is 7.82. The van der Waals surface area contributed by atoms with Crippen LogP contribution >= 0.6 is 11.3 Å². The summed E-state index contributed by atoms with van der Waals surface area (Å²) in [5, 5.41) is 24.4. The smallest absolute Gasteiger partial charge is 0.418 e. The van der Waals surface area contributed by atoms with Crippen LogP contribution in [-0.4, -0.2) is 95.5 Å². The lowest BCUT2D eigenvalue weighted by Gasteiger charge is -2.50. The molecule has 2 saturated heterocycles. The first-order valence-corrected chi connectivity index (χ1v) is 17.0. The number of hydrogen-bond acceptors (Lipinski definition) is 14. The quantitative estimate of drug-likeness (QED) is 0.0396. The van der Waals surface area contributed by atoms with Crippen LogP contribution in [0, 0.1) is 5.92 Å². The van der Waals surface area contributed by atoms with E-state index in [2.05, 4.69) is 30.4 Å². The highest BCUT2D eigenvalue weighted by Gasteiger charge is 2.58. The summed E-state index contributed by atoms with van der Waals surface area (Å²) in [5.74, 6) is -1.53. The lowest BCUT2D eigenvalue weighted by Crippen LogP contribution is -2.76. The molecule has 18 nitrogen and oxygen atoms in total. The molecule has 2 atom stereocenters. The summed E-state index contributed by atoms with van der Waals surface area (Å²) in [6.07, 6.45) is 0.288. The number of rotatable bonds is 15. The maximum Gasteiger partial charge on any atom is 0.418 e. The Bertz CT molecular complexity index is 1860. The Morgan fingerprint density at radius 2 is 1.96 bits per heavy atom. The van der Waals surface area contributed by atoms with Crippen LogP contribution in [0.2, 0.25) is 0 Å². The van der Waals surface area contributed by atoms with E-state index in [0.717, 1.165) is 47.9 Å². The van der Waals surface area contributed by atoms with E-state index in [0.29, 0.717) is 16.7 Å². The summed E-state index contributed by atoms with van der Waals surface area (Å²) in [5.41, 5.74) is 5.57. The molecule has 2 aliphatic rings. The average Bonchev–Trinajstić information content (AvgIpc) is 3.45. The number of nitrogens with zero attached hydrogens (tertiary/aromatic N) is 4. The molecule has 0 saturated carbocycles. The van der Waals surface area contributed by atoms with Crippen LogP contribution in [0.15, 0.2) is 53.1 Å².